The van der Waals surface area contributed by atoms with E-state index in [1.54, 1.807) is 30.9 Å². The van der Waals surface area contributed by atoms with Crippen LogP contribution >= 0.6 is 0 Å². The van der Waals surface area contributed by atoms with E-state index in [0.29, 0.717) is 19.5 Å². The summed E-state index contributed by atoms with van der Waals surface area (Å²) < 4.78 is 1.59. The molecule has 0 spiro atoms. The molecular weight excluding hydrogens is 250 g/mol. The summed E-state index contributed by atoms with van der Waals surface area (Å²) in [6, 6.07) is -0.388. The first-order valence-corrected chi connectivity index (χ1v) is 6.07. The summed E-state index contributed by atoms with van der Waals surface area (Å²) in [6.45, 7) is 4.37. The number of carboxylic acid groups (broad SMARTS) is 1. The van der Waals surface area contributed by atoms with Gasteiger partial charge in [0.25, 0.3) is 0 Å². The van der Waals surface area contributed by atoms with E-state index in [4.69, 9.17) is 5.11 Å². The molecule has 1 rings (SSSR count). The lowest BCUT2D eigenvalue weighted by molar-refractivity contribution is -0.147. The van der Waals surface area contributed by atoms with Gasteiger partial charge in [-0.1, -0.05) is 12.1 Å². The minimum Gasteiger partial charge on any atom is -0.481 e. The fourth-order valence-electron chi connectivity index (χ4n) is 1.33. The molecule has 0 aliphatic carbocycles. The van der Waals surface area contributed by atoms with Gasteiger partial charge in [0.2, 0.25) is 0 Å². The fraction of sp³-hybridized carbons (Fsp3) is 0.636. The highest BCUT2D eigenvalue weighted by Crippen LogP contribution is 2.19. The number of rotatable bonds is 7. The van der Waals surface area contributed by atoms with Crippen LogP contribution in [0, 0.1) is 5.41 Å². The van der Waals surface area contributed by atoms with Gasteiger partial charge in [-0.25, -0.2) is 4.79 Å². The molecule has 0 aliphatic rings. The maximum absolute atomic E-state index is 11.5. The third-order valence-corrected chi connectivity index (χ3v) is 3.03. The van der Waals surface area contributed by atoms with Gasteiger partial charge in [-0.05, 0) is 13.3 Å². The van der Waals surface area contributed by atoms with Gasteiger partial charge in [0.15, 0.2) is 0 Å². The topological polar surface area (TPSA) is 109 Å². The van der Waals surface area contributed by atoms with E-state index in [0.717, 1.165) is 0 Å². The van der Waals surface area contributed by atoms with Gasteiger partial charge in [0, 0.05) is 19.3 Å². The summed E-state index contributed by atoms with van der Waals surface area (Å²) in [6.07, 6.45) is 3.69. The molecule has 0 aromatic carbocycles. The summed E-state index contributed by atoms with van der Waals surface area (Å²) in [7, 11) is 0. The molecule has 19 heavy (non-hydrogen) atoms. The molecular formula is C11H19N5O3. The van der Waals surface area contributed by atoms with Crippen molar-refractivity contribution in [3.8, 4) is 0 Å². The summed E-state index contributed by atoms with van der Waals surface area (Å²) in [4.78, 5) is 22.5. The van der Waals surface area contributed by atoms with Gasteiger partial charge in [0.1, 0.15) is 0 Å². The van der Waals surface area contributed by atoms with Crippen molar-refractivity contribution in [2.75, 3.05) is 13.1 Å². The fourth-order valence-corrected chi connectivity index (χ4v) is 1.33. The first-order valence-electron chi connectivity index (χ1n) is 6.07. The molecule has 1 atom stereocenters. The lowest BCUT2D eigenvalue weighted by Crippen LogP contribution is -2.45. The molecule has 0 radical (unpaired) electrons. The van der Waals surface area contributed by atoms with Crippen LogP contribution in [0.3, 0.4) is 0 Å². The predicted octanol–water partition coefficient (Wildman–Crippen LogP) is 0.0782. The molecule has 0 bridgehead atoms. The number of nitrogens with one attached hydrogen (secondary N) is 2. The average molecular weight is 269 g/mol. The van der Waals surface area contributed by atoms with E-state index in [9.17, 15) is 9.59 Å². The van der Waals surface area contributed by atoms with Crippen LogP contribution in [0.1, 0.15) is 20.3 Å². The van der Waals surface area contributed by atoms with Crippen LogP contribution in [-0.4, -0.2) is 45.2 Å². The van der Waals surface area contributed by atoms with E-state index >= 15 is 0 Å². The largest absolute Gasteiger partial charge is 0.481 e. The van der Waals surface area contributed by atoms with Crippen LogP contribution in [0.15, 0.2) is 12.4 Å². The van der Waals surface area contributed by atoms with Crippen molar-refractivity contribution in [2.45, 2.75) is 26.8 Å². The highest BCUT2D eigenvalue weighted by molar-refractivity contribution is 5.77. The third kappa shape index (κ3) is 4.57. The number of hydrogen-bond acceptors (Lipinski definition) is 4. The van der Waals surface area contributed by atoms with Crippen LogP contribution in [0.5, 0.6) is 0 Å². The first-order chi connectivity index (χ1) is 8.98. The SMILES string of the molecule is CCC(C)(CNC(=O)NCCn1ccnn1)C(=O)O. The Balaban J connectivity index is 2.26. The van der Waals surface area contributed by atoms with Gasteiger partial charge in [0.05, 0.1) is 18.2 Å². The summed E-state index contributed by atoms with van der Waals surface area (Å²) in [5.74, 6) is -0.919. The van der Waals surface area contributed by atoms with Gasteiger partial charge in [-0.15, -0.1) is 5.10 Å². The van der Waals surface area contributed by atoms with Crippen LogP contribution in [0.2, 0.25) is 0 Å². The Morgan fingerprint density at radius 3 is 2.68 bits per heavy atom. The molecule has 1 aromatic rings. The van der Waals surface area contributed by atoms with Gasteiger partial charge < -0.3 is 15.7 Å². The number of carboxylic acids is 1. The standard InChI is InChI=1S/C11H19N5O3/c1-3-11(2,9(17)18)8-13-10(19)12-4-6-16-7-5-14-15-16/h5,7H,3-4,6,8H2,1-2H3,(H,17,18)(H2,12,13,19). The first kappa shape index (κ1) is 14.9. The summed E-state index contributed by atoms with van der Waals surface area (Å²) in [5.41, 5.74) is -0.941. The van der Waals surface area contributed by atoms with E-state index in [1.807, 2.05) is 0 Å². The average Bonchev–Trinajstić information content (AvgIpc) is 2.89. The van der Waals surface area contributed by atoms with Crippen molar-refractivity contribution in [3.63, 3.8) is 0 Å². The number of amides is 2. The number of carbonyl (C=O) groups is 2. The molecule has 3 N–H and O–H groups in total. The summed E-state index contributed by atoms with van der Waals surface area (Å²) >= 11 is 0. The Morgan fingerprint density at radius 2 is 2.16 bits per heavy atom. The van der Waals surface area contributed by atoms with Crippen LogP contribution in [0.25, 0.3) is 0 Å². The van der Waals surface area contributed by atoms with E-state index in [2.05, 4.69) is 20.9 Å². The third-order valence-electron chi connectivity index (χ3n) is 3.03. The normalized spacial score (nSPS) is 13.6. The van der Waals surface area contributed by atoms with Gasteiger partial charge in [-0.3, -0.25) is 9.48 Å². The van der Waals surface area contributed by atoms with Crippen molar-refractivity contribution in [1.82, 2.24) is 25.6 Å². The Hall–Kier alpha value is -2.12. The lowest BCUT2D eigenvalue weighted by atomic mass is 9.88. The number of carbonyl (C=O) groups excluding carboxylic acids is 1. The van der Waals surface area contributed by atoms with Crippen LogP contribution in [-0.2, 0) is 11.3 Å². The Morgan fingerprint density at radius 1 is 1.42 bits per heavy atom. The molecule has 1 aromatic heterocycles. The monoisotopic (exact) mass is 269 g/mol. The smallest absolute Gasteiger partial charge is 0.314 e. The maximum Gasteiger partial charge on any atom is 0.314 e. The van der Waals surface area contributed by atoms with Crippen LogP contribution in [0.4, 0.5) is 4.79 Å². The van der Waals surface area contributed by atoms with Crippen molar-refractivity contribution < 1.29 is 14.7 Å². The minimum absolute atomic E-state index is 0.0913. The Bertz CT molecular complexity index is 420. The number of urea groups is 1. The van der Waals surface area contributed by atoms with Crippen molar-refractivity contribution >= 4 is 12.0 Å². The number of hydrogen-bond donors (Lipinski definition) is 3. The Labute approximate surface area is 111 Å². The van der Waals surface area contributed by atoms with Crippen molar-refractivity contribution in [3.05, 3.63) is 12.4 Å². The lowest BCUT2D eigenvalue weighted by Gasteiger charge is -2.23. The van der Waals surface area contributed by atoms with Gasteiger partial charge in [-0.2, -0.15) is 0 Å². The molecule has 0 aliphatic heterocycles. The summed E-state index contributed by atoms with van der Waals surface area (Å²) in [5, 5.41) is 21.6. The molecule has 8 heteroatoms. The molecule has 2 amide bonds. The second kappa shape index (κ2) is 6.72. The predicted molar refractivity (Wildman–Crippen MR) is 67.5 cm³/mol. The Kier molecular flexibility index (Phi) is 5.28. The number of aromatic nitrogens is 3. The second-order valence-corrected chi connectivity index (χ2v) is 4.49. The molecule has 0 fully saturated rings. The zero-order valence-corrected chi connectivity index (χ0v) is 11.1. The quantitative estimate of drug-likeness (QED) is 0.649. The minimum atomic E-state index is -0.941. The molecule has 1 unspecified atom stereocenters. The molecule has 8 nitrogen and oxygen atoms in total. The molecule has 0 saturated heterocycles. The number of aliphatic carboxylic acids is 1. The van der Waals surface area contributed by atoms with E-state index in [1.165, 1.54) is 0 Å². The van der Waals surface area contributed by atoms with Crippen molar-refractivity contribution in [2.24, 2.45) is 5.41 Å². The highest BCUT2D eigenvalue weighted by atomic mass is 16.4. The molecule has 106 valence electrons. The van der Waals surface area contributed by atoms with Crippen LogP contribution < -0.4 is 10.6 Å². The van der Waals surface area contributed by atoms with Gasteiger partial charge >= 0.3 is 12.0 Å². The van der Waals surface area contributed by atoms with E-state index in [-0.39, 0.29) is 12.6 Å². The zero-order valence-electron chi connectivity index (χ0n) is 11.1. The highest BCUT2D eigenvalue weighted by Gasteiger charge is 2.31. The zero-order chi connectivity index (χ0) is 14.3. The van der Waals surface area contributed by atoms with E-state index < -0.39 is 11.4 Å². The maximum atomic E-state index is 11.5. The van der Waals surface area contributed by atoms with Crippen molar-refractivity contribution in [1.29, 1.82) is 0 Å². The molecule has 0 saturated carbocycles. The molecule has 1 heterocycles. The number of nitrogens with zero attached hydrogens (tertiary/aromatic N) is 3. The second-order valence-electron chi connectivity index (χ2n) is 4.49.